The van der Waals surface area contributed by atoms with Crippen molar-refractivity contribution in [3.05, 3.63) is 42.1 Å². The van der Waals surface area contributed by atoms with Crippen LogP contribution in [0.4, 0.5) is 0 Å². The van der Waals surface area contributed by atoms with E-state index < -0.39 is 0 Å². The molecule has 0 unspecified atom stereocenters. The normalized spacial score (nSPS) is 16.0. The van der Waals surface area contributed by atoms with Gasteiger partial charge in [-0.2, -0.15) is 5.10 Å². The summed E-state index contributed by atoms with van der Waals surface area (Å²) in [5, 5.41) is 15.9. The van der Waals surface area contributed by atoms with Gasteiger partial charge in [0.05, 0.1) is 24.1 Å². The molecule has 6 nitrogen and oxygen atoms in total. The summed E-state index contributed by atoms with van der Waals surface area (Å²) >= 11 is 0. The number of aliphatic hydroxyl groups excluding tert-OH is 1. The molecule has 0 aliphatic carbocycles. The number of hydrogen-bond donors (Lipinski definition) is 2. The van der Waals surface area contributed by atoms with E-state index in [0.717, 1.165) is 24.3 Å². The molecule has 1 saturated heterocycles. The molecule has 1 aliphatic heterocycles. The molecule has 2 aromatic rings. The highest BCUT2D eigenvalue weighted by atomic mass is 16.3. The third kappa shape index (κ3) is 3.03. The van der Waals surface area contributed by atoms with Crippen LogP contribution in [-0.4, -0.2) is 70.3 Å². The number of nitrogens with one attached hydrogen (secondary N) is 1. The number of amides is 1. The van der Waals surface area contributed by atoms with E-state index in [1.54, 1.807) is 6.20 Å². The molecular weight excluding hydrogens is 280 g/mol. The number of piperazine rings is 1. The molecule has 1 amide bonds. The van der Waals surface area contributed by atoms with Gasteiger partial charge in [-0.05, 0) is 0 Å². The Hall–Kier alpha value is -2.18. The highest BCUT2D eigenvalue weighted by Crippen LogP contribution is 2.22. The van der Waals surface area contributed by atoms with Gasteiger partial charge in [0, 0.05) is 38.3 Å². The van der Waals surface area contributed by atoms with Crippen molar-refractivity contribution in [1.82, 2.24) is 20.0 Å². The van der Waals surface area contributed by atoms with Gasteiger partial charge in [0.25, 0.3) is 5.91 Å². The van der Waals surface area contributed by atoms with Crippen LogP contribution in [0.1, 0.15) is 10.4 Å². The molecule has 3 rings (SSSR count). The van der Waals surface area contributed by atoms with Gasteiger partial charge in [-0.15, -0.1) is 0 Å². The lowest BCUT2D eigenvalue weighted by Crippen LogP contribution is -2.49. The van der Waals surface area contributed by atoms with E-state index in [-0.39, 0.29) is 12.5 Å². The monoisotopic (exact) mass is 300 g/mol. The number of nitrogens with zero attached hydrogens (tertiary/aromatic N) is 3. The second-order valence-electron chi connectivity index (χ2n) is 5.38. The summed E-state index contributed by atoms with van der Waals surface area (Å²) in [6, 6.07) is 9.75. The van der Waals surface area contributed by atoms with E-state index in [1.165, 1.54) is 0 Å². The number of carbonyl (C=O) groups is 1. The maximum absolute atomic E-state index is 12.7. The van der Waals surface area contributed by atoms with E-state index in [0.29, 0.717) is 25.2 Å². The van der Waals surface area contributed by atoms with E-state index in [9.17, 15) is 4.79 Å². The predicted molar refractivity (Wildman–Crippen MR) is 83.5 cm³/mol. The Kier molecular flexibility index (Phi) is 4.50. The molecule has 1 aromatic carbocycles. The summed E-state index contributed by atoms with van der Waals surface area (Å²) in [6.07, 6.45) is 1.60. The number of aromatic nitrogens is 2. The zero-order valence-electron chi connectivity index (χ0n) is 12.4. The van der Waals surface area contributed by atoms with Crippen LogP contribution in [0.15, 0.2) is 36.5 Å². The van der Waals surface area contributed by atoms with E-state index in [2.05, 4.69) is 15.1 Å². The van der Waals surface area contributed by atoms with Crippen LogP contribution in [0.25, 0.3) is 11.3 Å². The molecule has 1 fully saturated rings. The van der Waals surface area contributed by atoms with E-state index in [4.69, 9.17) is 5.11 Å². The minimum absolute atomic E-state index is 0.0104. The molecule has 2 heterocycles. The molecule has 2 N–H and O–H groups in total. The molecule has 0 saturated carbocycles. The third-order valence-corrected chi connectivity index (χ3v) is 4.01. The van der Waals surface area contributed by atoms with Crippen molar-refractivity contribution < 1.29 is 9.90 Å². The van der Waals surface area contributed by atoms with Gasteiger partial charge in [-0.1, -0.05) is 30.3 Å². The van der Waals surface area contributed by atoms with Gasteiger partial charge in [0.15, 0.2) is 0 Å². The Balaban J connectivity index is 1.73. The average molecular weight is 300 g/mol. The van der Waals surface area contributed by atoms with Crippen LogP contribution in [0.5, 0.6) is 0 Å². The van der Waals surface area contributed by atoms with Gasteiger partial charge in [-0.25, -0.2) is 0 Å². The van der Waals surface area contributed by atoms with Crippen molar-refractivity contribution in [3.8, 4) is 11.3 Å². The summed E-state index contributed by atoms with van der Waals surface area (Å²) in [4.78, 5) is 16.7. The first-order chi connectivity index (χ1) is 10.8. The second-order valence-corrected chi connectivity index (χ2v) is 5.38. The lowest BCUT2D eigenvalue weighted by Gasteiger charge is -2.34. The lowest BCUT2D eigenvalue weighted by molar-refractivity contribution is 0.0616. The molecule has 116 valence electrons. The first kappa shape index (κ1) is 14.7. The van der Waals surface area contributed by atoms with Gasteiger partial charge in [0.2, 0.25) is 0 Å². The first-order valence-corrected chi connectivity index (χ1v) is 7.51. The lowest BCUT2D eigenvalue weighted by atomic mass is 10.1. The van der Waals surface area contributed by atoms with Crippen molar-refractivity contribution in [3.63, 3.8) is 0 Å². The maximum atomic E-state index is 12.7. The molecule has 1 aromatic heterocycles. The van der Waals surface area contributed by atoms with Crippen molar-refractivity contribution in [2.45, 2.75) is 0 Å². The Morgan fingerprint density at radius 1 is 1.18 bits per heavy atom. The quantitative estimate of drug-likeness (QED) is 0.877. The van der Waals surface area contributed by atoms with E-state index >= 15 is 0 Å². The van der Waals surface area contributed by atoms with Crippen molar-refractivity contribution in [2.24, 2.45) is 0 Å². The number of aliphatic hydroxyl groups is 1. The molecule has 0 radical (unpaired) electrons. The summed E-state index contributed by atoms with van der Waals surface area (Å²) in [7, 11) is 0. The summed E-state index contributed by atoms with van der Waals surface area (Å²) < 4.78 is 0. The smallest absolute Gasteiger partial charge is 0.257 e. The standard InChI is InChI=1S/C16H20N4O2/c21-11-10-19-6-8-20(9-7-19)16(22)14-12-17-18-15(14)13-4-2-1-3-5-13/h1-5,12,21H,6-11H2,(H,17,18). The van der Waals surface area contributed by atoms with Crippen molar-refractivity contribution in [2.75, 3.05) is 39.3 Å². The average Bonchev–Trinajstić information content (AvgIpc) is 3.06. The fraction of sp³-hybridized carbons (Fsp3) is 0.375. The van der Waals surface area contributed by atoms with Crippen LogP contribution >= 0.6 is 0 Å². The number of H-pyrrole nitrogens is 1. The van der Waals surface area contributed by atoms with Crippen LogP contribution in [0.2, 0.25) is 0 Å². The van der Waals surface area contributed by atoms with Gasteiger partial charge >= 0.3 is 0 Å². The highest BCUT2D eigenvalue weighted by Gasteiger charge is 2.24. The Bertz CT molecular complexity index is 618. The summed E-state index contributed by atoms with van der Waals surface area (Å²) in [5.74, 6) is 0.0104. The topological polar surface area (TPSA) is 72.5 Å². The number of carbonyl (C=O) groups excluding carboxylic acids is 1. The third-order valence-electron chi connectivity index (χ3n) is 4.01. The fourth-order valence-electron chi connectivity index (χ4n) is 2.76. The predicted octanol–water partition coefficient (Wildman–Crippen LogP) is 0.827. The molecule has 0 atom stereocenters. The maximum Gasteiger partial charge on any atom is 0.257 e. The van der Waals surface area contributed by atoms with E-state index in [1.807, 2.05) is 35.2 Å². The zero-order valence-corrected chi connectivity index (χ0v) is 12.4. The molecule has 6 heteroatoms. The number of hydrogen-bond acceptors (Lipinski definition) is 4. The SMILES string of the molecule is O=C(c1cn[nH]c1-c1ccccc1)N1CCN(CCO)CC1. The summed E-state index contributed by atoms with van der Waals surface area (Å²) in [6.45, 7) is 3.78. The largest absolute Gasteiger partial charge is 0.395 e. The zero-order chi connectivity index (χ0) is 15.4. The first-order valence-electron chi connectivity index (χ1n) is 7.51. The number of aromatic amines is 1. The second kappa shape index (κ2) is 6.72. The molecule has 1 aliphatic rings. The summed E-state index contributed by atoms with van der Waals surface area (Å²) in [5.41, 5.74) is 2.34. The number of rotatable bonds is 4. The number of β-amino-alcohol motifs (C(OH)–C–C–N with tert-alkyl or cyclic N) is 1. The van der Waals surface area contributed by atoms with Crippen LogP contribution in [-0.2, 0) is 0 Å². The fourth-order valence-corrected chi connectivity index (χ4v) is 2.76. The van der Waals surface area contributed by atoms with Crippen LogP contribution in [0.3, 0.4) is 0 Å². The van der Waals surface area contributed by atoms with Crippen LogP contribution < -0.4 is 0 Å². The van der Waals surface area contributed by atoms with Gasteiger partial charge in [-0.3, -0.25) is 14.8 Å². The Morgan fingerprint density at radius 2 is 1.91 bits per heavy atom. The molecule has 0 spiro atoms. The Labute approximate surface area is 129 Å². The molecule has 0 bridgehead atoms. The van der Waals surface area contributed by atoms with Crippen molar-refractivity contribution in [1.29, 1.82) is 0 Å². The minimum Gasteiger partial charge on any atom is -0.395 e. The molecular formula is C16H20N4O2. The van der Waals surface area contributed by atoms with Crippen molar-refractivity contribution >= 4 is 5.91 Å². The Morgan fingerprint density at radius 3 is 2.59 bits per heavy atom. The van der Waals surface area contributed by atoms with Gasteiger partial charge in [0.1, 0.15) is 0 Å². The number of benzene rings is 1. The highest BCUT2D eigenvalue weighted by molar-refractivity contribution is 5.99. The van der Waals surface area contributed by atoms with Crippen LogP contribution in [0, 0.1) is 0 Å². The molecule has 22 heavy (non-hydrogen) atoms. The minimum atomic E-state index is 0.0104. The van der Waals surface area contributed by atoms with Gasteiger partial charge < -0.3 is 10.0 Å².